The summed E-state index contributed by atoms with van der Waals surface area (Å²) in [6.07, 6.45) is 0. The molecule has 17 heavy (non-hydrogen) atoms. The molecule has 5 nitrogen and oxygen atoms in total. The molecule has 1 aromatic heterocycles. The first kappa shape index (κ1) is 11.2. The van der Waals surface area contributed by atoms with Gasteiger partial charge in [-0.2, -0.15) is 0 Å². The van der Waals surface area contributed by atoms with Crippen LogP contribution in [0.5, 0.6) is 0 Å². The summed E-state index contributed by atoms with van der Waals surface area (Å²) in [6, 6.07) is 3.19. The number of hydrogen-bond donors (Lipinski definition) is 2. The maximum absolute atomic E-state index is 11.2. The summed E-state index contributed by atoms with van der Waals surface area (Å²) in [4.78, 5) is 22.4. The molecule has 0 aliphatic heterocycles. The van der Waals surface area contributed by atoms with Crippen LogP contribution in [0, 0.1) is 13.8 Å². The maximum Gasteiger partial charge on any atom is 0.284 e. The van der Waals surface area contributed by atoms with Crippen LogP contribution in [0.3, 0.4) is 0 Å². The molecule has 0 saturated carbocycles. The van der Waals surface area contributed by atoms with E-state index in [0.29, 0.717) is 22.3 Å². The molecule has 0 fully saturated rings. The van der Waals surface area contributed by atoms with Crippen LogP contribution in [0.4, 0.5) is 0 Å². The van der Waals surface area contributed by atoms with Crippen LogP contribution in [0.15, 0.2) is 16.5 Å². The number of benzene rings is 1. The molecule has 0 bridgehead atoms. The molecule has 88 valence electrons. The SMILES string of the molecule is Cc1c(C(N)=O)ccc2oc(C(N)=O)c(C)c12. The Hall–Kier alpha value is -2.30. The standard InChI is InChI=1S/C12H12N2O3/c1-5-7(11(13)15)3-4-8-9(5)6(2)10(17-8)12(14)16/h3-4H,1-2H3,(H2,13,15)(H2,14,16). The molecule has 0 radical (unpaired) electrons. The Kier molecular flexibility index (Phi) is 2.38. The maximum atomic E-state index is 11.2. The molecule has 0 saturated heterocycles. The van der Waals surface area contributed by atoms with Crippen molar-refractivity contribution < 1.29 is 14.0 Å². The molecular formula is C12H12N2O3. The van der Waals surface area contributed by atoms with Crippen LogP contribution in [0.1, 0.15) is 32.0 Å². The summed E-state index contributed by atoms with van der Waals surface area (Å²) in [6.45, 7) is 3.49. The minimum absolute atomic E-state index is 0.115. The molecule has 2 aromatic rings. The van der Waals surface area contributed by atoms with Gasteiger partial charge in [-0.3, -0.25) is 9.59 Å². The van der Waals surface area contributed by atoms with Crippen LogP contribution in [-0.4, -0.2) is 11.8 Å². The van der Waals surface area contributed by atoms with Gasteiger partial charge >= 0.3 is 0 Å². The topological polar surface area (TPSA) is 99.3 Å². The van der Waals surface area contributed by atoms with Crippen LogP contribution in [0.2, 0.25) is 0 Å². The summed E-state index contributed by atoms with van der Waals surface area (Å²) in [5, 5.41) is 0.718. The van der Waals surface area contributed by atoms with Crippen LogP contribution >= 0.6 is 0 Å². The summed E-state index contributed by atoms with van der Waals surface area (Å²) < 4.78 is 5.35. The van der Waals surface area contributed by atoms with E-state index in [-0.39, 0.29) is 5.76 Å². The molecule has 0 aliphatic rings. The minimum Gasteiger partial charge on any atom is -0.451 e. The lowest BCUT2D eigenvalue weighted by atomic mass is 10.0. The first-order chi connectivity index (χ1) is 7.93. The second-order valence-electron chi connectivity index (χ2n) is 3.90. The van der Waals surface area contributed by atoms with Gasteiger partial charge in [-0.1, -0.05) is 0 Å². The van der Waals surface area contributed by atoms with Crippen molar-refractivity contribution in [3.05, 3.63) is 34.6 Å². The Balaban J connectivity index is 2.86. The van der Waals surface area contributed by atoms with E-state index in [4.69, 9.17) is 15.9 Å². The summed E-state index contributed by atoms with van der Waals surface area (Å²) in [7, 11) is 0. The lowest BCUT2D eigenvalue weighted by molar-refractivity contribution is 0.0972. The number of nitrogens with two attached hydrogens (primary N) is 2. The zero-order valence-electron chi connectivity index (χ0n) is 9.53. The number of amides is 2. The van der Waals surface area contributed by atoms with Gasteiger partial charge in [-0.25, -0.2) is 0 Å². The Morgan fingerprint density at radius 2 is 1.71 bits per heavy atom. The van der Waals surface area contributed by atoms with Gasteiger partial charge in [-0.15, -0.1) is 0 Å². The average molecular weight is 232 g/mol. The van der Waals surface area contributed by atoms with Gasteiger partial charge < -0.3 is 15.9 Å². The lowest BCUT2D eigenvalue weighted by Crippen LogP contribution is -2.12. The number of rotatable bonds is 2. The highest BCUT2D eigenvalue weighted by atomic mass is 16.3. The molecular weight excluding hydrogens is 220 g/mol. The zero-order valence-corrected chi connectivity index (χ0v) is 9.53. The average Bonchev–Trinajstić information content (AvgIpc) is 2.56. The summed E-state index contributed by atoms with van der Waals surface area (Å²) in [5.41, 5.74) is 12.7. The molecule has 1 heterocycles. The number of hydrogen-bond acceptors (Lipinski definition) is 3. The third-order valence-electron chi connectivity index (χ3n) is 2.84. The normalized spacial score (nSPS) is 10.7. The predicted octanol–water partition coefficient (Wildman–Crippen LogP) is 1.25. The first-order valence-corrected chi connectivity index (χ1v) is 5.05. The summed E-state index contributed by atoms with van der Waals surface area (Å²) in [5.74, 6) is -1.02. The molecule has 0 spiro atoms. The van der Waals surface area contributed by atoms with Crippen molar-refractivity contribution >= 4 is 22.8 Å². The van der Waals surface area contributed by atoms with Gasteiger partial charge in [0, 0.05) is 16.5 Å². The number of carbonyl (C=O) groups excluding carboxylic acids is 2. The highest BCUT2D eigenvalue weighted by Crippen LogP contribution is 2.29. The number of aryl methyl sites for hydroxylation is 2. The predicted molar refractivity (Wildman–Crippen MR) is 62.7 cm³/mol. The molecule has 0 aliphatic carbocycles. The van der Waals surface area contributed by atoms with Crippen LogP contribution < -0.4 is 11.5 Å². The molecule has 0 atom stereocenters. The number of fused-ring (bicyclic) bond motifs is 1. The van der Waals surface area contributed by atoms with Crippen molar-refractivity contribution in [2.75, 3.05) is 0 Å². The highest BCUT2D eigenvalue weighted by Gasteiger charge is 2.18. The van der Waals surface area contributed by atoms with Crippen molar-refractivity contribution in [2.24, 2.45) is 11.5 Å². The monoisotopic (exact) mass is 232 g/mol. The third kappa shape index (κ3) is 1.56. The van der Waals surface area contributed by atoms with E-state index < -0.39 is 11.8 Å². The smallest absolute Gasteiger partial charge is 0.284 e. The fourth-order valence-corrected chi connectivity index (χ4v) is 2.04. The number of primary amides is 2. The number of furan rings is 1. The molecule has 5 heteroatoms. The fourth-order valence-electron chi connectivity index (χ4n) is 2.04. The first-order valence-electron chi connectivity index (χ1n) is 5.05. The van der Waals surface area contributed by atoms with Gasteiger partial charge in [-0.05, 0) is 31.5 Å². The van der Waals surface area contributed by atoms with Crippen molar-refractivity contribution in [1.29, 1.82) is 0 Å². The zero-order chi connectivity index (χ0) is 12.7. The quantitative estimate of drug-likeness (QED) is 0.814. The Labute approximate surface area is 97.4 Å². The van der Waals surface area contributed by atoms with E-state index in [1.54, 1.807) is 26.0 Å². The van der Waals surface area contributed by atoms with Gasteiger partial charge in [0.1, 0.15) is 5.58 Å². The van der Waals surface area contributed by atoms with Gasteiger partial charge in [0.25, 0.3) is 5.91 Å². The Morgan fingerprint density at radius 3 is 2.24 bits per heavy atom. The second kappa shape index (κ2) is 3.62. The second-order valence-corrected chi connectivity index (χ2v) is 3.90. The van der Waals surface area contributed by atoms with Gasteiger partial charge in [0.15, 0.2) is 5.76 Å². The van der Waals surface area contributed by atoms with Crippen molar-refractivity contribution in [1.82, 2.24) is 0 Å². The van der Waals surface area contributed by atoms with Crippen molar-refractivity contribution in [3.8, 4) is 0 Å². The van der Waals surface area contributed by atoms with E-state index in [0.717, 1.165) is 5.39 Å². The van der Waals surface area contributed by atoms with Crippen molar-refractivity contribution in [3.63, 3.8) is 0 Å². The molecule has 0 unspecified atom stereocenters. The largest absolute Gasteiger partial charge is 0.451 e. The lowest BCUT2D eigenvalue weighted by Gasteiger charge is -2.02. The molecule has 2 amide bonds. The van der Waals surface area contributed by atoms with E-state index >= 15 is 0 Å². The Bertz CT molecular complexity index is 629. The van der Waals surface area contributed by atoms with E-state index in [9.17, 15) is 9.59 Å². The molecule has 1 aromatic carbocycles. The summed E-state index contributed by atoms with van der Waals surface area (Å²) >= 11 is 0. The van der Waals surface area contributed by atoms with Crippen LogP contribution in [0.25, 0.3) is 11.0 Å². The van der Waals surface area contributed by atoms with Crippen LogP contribution in [-0.2, 0) is 0 Å². The number of carbonyl (C=O) groups is 2. The molecule has 4 N–H and O–H groups in total. The highest BCUT2D eigenvalue weighted by molar-refractivity contribution is 6.03. The van der Waals surface area contributed by atoms with E-state index in [1.807, 2.05) is 0 Å². The van der Waals surface area contributed by atoms with Crippen molar-refractivity contribution in [2.45, 2.75) is 13.8 Å². The van der Waals surface area contributed by atoms with Gasteiger partial charge in [0.05, 0.1) is 0 Å². The fraction of sp³-hybridized carbons (Fsp3) is 0.167. The minimum atomic E-state index is -0.626. The van der Waals surface area contributed by atoms with E-state index in [1.165, 1.54) is 0 Å². The van der Waals surface area contributed by atoms with Gasteiger partial charge in [0.2, 0.25) is 5.91 Å². The van der Waals surface area contributed by atoms with E-state index in [2.05, 4.69) is 0 Å². The molecule has 2 rings (SSSR count). The third-order valence-corrected chi connectivity index (χ3v) is 2.84. The Morgan fingerprint density at radius 1 is 1.06 bits per heavy atom.